The van der Waals surface area contributed by atoms with Crippen molar-refractivity contribution in [1.29, 1.82) is 0 Å². The van der Waals surface area contributed by atoms with E-state index >= 15 is 0 Å². The minimum Gasteiger partial charge on any atom is -0.423 e. The van der Waals surface area contributed by atoms with Crippen LogP contribution < -0.4 is 10.2 Å². The summed E-state index contributed by atoms with van der Waals surface area (Å²) in [4.78, 5) is 24.7. The van der Waals surface area contributed by atoms with Crippen LogP contribution in [-0.4, -0.2) is 79.2 Å². The highest BCUT2D eigenvalue weighted by molar-refractivity contribution is 5.97. The Morgan fingerprint density at radius 3 is 2.42 bits per heavy atom. The zero-order chi connectivity index (χ0) is 27.1. The van der Waals surface area contributed by atoms with Gasteiger partial charge in [-0.15, -0.1) is 0 Å². The molecule has 40 heavy (non-hydrogen) atoms. The van der Waals surface area contributed by atoms with Crippen LogP contribution >= 0.6 is 0 Å². The quantitative estimate of drug-likeness (QED) is 0.358. The van der Waals surface area contributed by atoms with E-state index in [0.29, 0.717) is 32.3 Å². The molecule has 2 aliphatic heterocycles. The summed E-state index contributed by atoms with van der Waals surface area (Å²) in [6.07, 6.45) is 2.75. The van der Waals surface area contributed by atoms with E-state index in [4.69, 9.17) is 14.1 Å². The third-order valence-electron chi connectivity index (χ3n) is 8.34. The first-order valence-corrected chi connectivity index (χ1v) is 14.4. The van der Waals surface area contributed by atoms with Crippen molar-refractivity contribution >= 4 is 34.4 Å². The highest BCUT2D eigenvalue weighted by atomic mass is 16.5. The SMILES string of the molecule is Cc1cc(-c2cccc3nc(Nc4ccc(N5CCN(C6CC6)CC5)cc4)oc23)ccc1C(=O)N1CCOCC1. The average molecular weight is 538 g/mol. The van der Waals surface area contributed by atoms with Crippen molar-refractivity contribution in [2.75, 3.05) is 62.7 Å². The van der Waals surface area contributed by atoms with Gasteiger partial charge in [-0.1, -0.05) is 24.3 Å². The molecule has 0 bridgehead atoms. The van der Waals surface area contributed by atoms with E-state index in [1.165, 1.54) is 18.5 Å². The first-order chi connectivity index (χ1) is 19.6. The van der Waals surface area contributed by atoms with Gasteiger partial charge in [0.05, 0.1) is 13.2 Å². The molecule has 8 nitrogen and oxygen atoms in total. The lowest BCUT2D eigenvalue weighted by Gasteiger charge is -2.36. The van der Waals surface area contributed by atoms with Gasteiger partial charge in [-0.25, -0.2) is 0 Å². The predicted octanol–water partition coefficient (Wildman–Crippen LogP) is 5.30. The molecule has 1 amide bonds. The van der Waals surface area contributed by atoms with Crippen molar-refractivity contribution in [3.8, 4) is 11.1 Å². The van der Waals surface area contributed by atoms with Crippen LogP contribution in [0.2, 0.25) is 0 Å². The fourth-order valence-corrected chi connectivity index (χ4v) is 5.90. The Morgan fingerprint density at radius 1 is 0.925 bits per heavy atom. The third-order valence-corrected chi connectivity index (χ3v) is 8.34. The van der Waals surface area contributed by atoms with Crippen molar-refractivity contribution in [2.45, 2.75) is 25.8 Å². The van der Waals surface area contributed by atoms with E-state index in [2.05, 4.69) is 45.4 Å². The number of benzene rings is 3. The molecule has 3 fully saturated rings. The molecule has 1 aromatic heterocycles. The monoisotopic (exact) mass is 537 g/mol. The number of carbonyl (C=O) groups excluding carboxylic acids is 1. The summed E-state index contributed by atoms with van der Waals surface area (Å²) in [5.74, 6) is 0.0586. The molecule has 0 unspecified atom stereocenters. The number of carbonyl (C=O) groups is 1. The number of nitrogens with zero attached hydrogens (tertiary/aromatic N) is 4. The van der Waals surface area contributed by atoms with Gasteiger partial charge in [-0.05, 0) is 67.3 Å². The van der Waals surface area contributed by atoms with E-state index in [-0.39, 0.29) is 5.91 Å². The van der Waals surface area contributed by atoms with E-state index in [1.807, 2.05) is 42.2 Å². The number of ether oxygens (including phenoxy) is 1. The normalized spacial score (nSPS) is 18.3. The molecule has 3 aliphatic rings. The Hall–Kier alpha value is -3.88. The van der Waals surface area contributed by atoms with Crippen LogP contribution in [-0.2, 0) is 4.74 Å². The number of aryl methyl sites for hydroxylation is 1. The number of hydrogen-bond donors (Lipinski definition) is 1. The highest BCUT2D eigenvalue weighted by Gasteiger charge is 2.31. The maximum absolute atomic E-state index is 13.0. The summed E-state index contributed by atoms with van der Waals surface area (Å²) in [7, 11) is 0. The van der Waals surface area contributed by atoms with E-state index in [1.54, 1.807) is 0 Å². The van der Waals surface area contributed by atoms with Gasteiger partial charge in [0.25, 0.3) is 11.9 Å². The second kappa shape index (κ2) is 10.6. The molecule has 206 valence electrons. The number of hydrogen-bond acceptors (Lipinski definition) is 7. The molecule has 0 atom stereocenters. The first-order valence-electron chi connectivity index (χ1n) is 14.4. The molecule has 7 rings (SSSR count). The average Bonchev–Trinajstić information content (AvgIpc) is 3.77. The number of anilines is 3. The Balaban J connectivity index is 1.06. The summed E-state index contributed by atoms with van der Waals surface area (Å²) in [6, 6.07) is 21.8. The summed E-state index contributed by atoms with van der Waals surface area (Å²) in [6.45, 7) is 8.91. The number of amides is 1. The highest BCUT2D eigenvalue weighted by Crippen LogP contribution is 2.33. The van der Waals surface area contributed by atoms with Crippen LogP contribution in [0, 0.1) is 6.92 Å². The lowest BCUT2D eigenvalue weighted by Crippen LogP contribution is -2.47. The number of fused-ring (bicyclic) bond motifs is 1. The van der Waals surface area contributed by atoms with Gasteiger partial charge in [0.1, 0.15) is 5.52 Å². The van der Waals surface area contributed by atoms with Gasteiger partial charge < -0.3 is 24.3 Å². The van der Waals surface area contributed by atoms with Crippen LogP contribution in [0.3, 0.4) is 0 Å². The molecule has 3 aromatic carbocycles. The van der Waals surface area contributed by atoms with Gasteiger partial charge in [-0.3, -0.25) is 9.69 Å². The molecule has 1 saturated carbocycles. The largest absolute Gasteiger partial charge is 0.423 e. The first kappa shape index (κ1) is 25.1. The molecule has 0 radical (unpaired) electrons. The van der Waals surface area contributed by atoms with E-state index in [9.17, 15) is 4.79 Å². The van der Waals surface area contributed by atoms with Gasteiger partial charge in [0.15, 0.2) is 5.58 Å². The van der Waals surface area contributed by atoms with Gasteiger partial charge in [0.2, 0.25) is 0 Å². The zero-order valence-electron chi connectivity index (χ0n) is 22.9. The molecule has 8 heteroatoms. The Morgan fingerprint density at radius 2 is 1.70 bits per heavy atom. The molecule has 1 N–H and O–H groups in total. The maximum Gasteiger partial charge on any atom is 0.300 e. The summed E-state index contributed by atoms with van der Waals surface area (Å²) < 4.78 is 11.6. The molecule has 1 aliphatic carbocycles. The molecule has 3 heterocycles. The van der Waals surface area contributed by atoms with E-state index in [0.717, 1.165) is 71.3 Å². The molecular formula is C32H35N5O3. The fraction of sp³-hybridized carbons (Fsp3) is 0.375. The third kappa shape index (κ3) is 5.05. The smallest absolute Gasteiger partial charge is 0.300 e. The lowest BCUT2D eigenvalue weighted by atomic mass is 9.98. The van der Waals surface area contributed by atoms with Crippen molar-refractivity contribution in [2.24, 2.45) is 0 Å². The number of piperazine rings is 1. The maximum atomic E-state index is 13.0. The topological polar surface area (TPSA) is 74.1 Å². The van der Waals surface area contributed by atoms with Gasteiger partial charge >= 0.3 is 0 Å². The number of aromatic nitrogens is 1. The Bertz CT molecular complexity index is 1510. The standard InChI is InChI=1S/C32H35N5O3/c1-22-21-23(5-12-27(22)31(38)37-17-19-39-20-18-37)28-3-2-4-29-30(28)40-32(34-29)33-24-6-8-25(9-7-24)35-13-15-36(16-14-35)26-10-11-26/h2-9,12,21,26H,10-11,13-20H2,1H3,(H,33,34). The summed E-state index contributed by atoms with van der Waals surface area (Å²) in [5, 5.41) is 3.34. The molecule has 4 aromatic rings. The van der Waals surface area contributed by atoms with Crippen LogP contribution in [0.1, 0.15) is 28.8 Å². The Labute approximate surface area is 234 Å². The van der Waals surface area contributed by atoms with Crippen molar-refractivity contribution in [1.82, 2.24) is 14.8 Å². The van der Waals surface area contributed by atoms with Gasteiger partial charge in [-0.2, -0.15) is 4.98 Å². The second-order valence-electron chi connectivity index (χ2n) is 11.0. The van der Waals surface area contributed by atoms with Crippen LogP contribution in [0.5, 0.6) is 0 Å². The minimum atomic E-state index is 0.0586. The van der Waals surface area contributed by atoms with Crippen LogP contribution in [0.25, 0.3) is 22.2 Å². The van der Waals surface area contributed by atoms with Crippen LogP contribution in [0.4, 0.5) is 17.4 Å². The van der Waals surface area contributed by atoms with Crippen molar-refractivity contribution in [3.05, 3.63) is 71.8 Å². The number of para-hydroxylation sites is 1. The molecular weight excluding hydrogens is 502 g/mol. The van der Waals surface area contributed by atoms with Crippen molar-refractivity contribution < 1.29 is 13.9 Å². The number of nitrogens with one attached hydrogen (secondary N) is 1. The minimum absolute atomic E-state index is 0.0586. The summed E-state index contributed by atoms with van der Waals surface area (Å²) in [5.41, 5.74) is 7.33. The Kier molecular flexibility index (Phi) is 6.65. The molecule has 0 spiro atoms. The predicted molar refractivity (Wildman–Crippen MR) is 157 cm³/mol. The fourth-order valence-electron chi connectivity index (χ4n) is 5.90. The number of oxazole rings is 1. The summed E-state index contributed by atoms with van der Waals surface area (Å²) >= 11 is 0. The molecule has 2 saturated heterocycles. The van der Waals surface area contributed by atoms with E-state index < -0.39 is 0 Å². The zero-order valence-corrected chi connectivity index (χ0v) is 22.9. The van der Waals surface area contributed by atoms with Crippen molar-refractivity contribution in [3.63, 3.8) is 0 Å². The lowest BCUT2D eigenvalue weighted by molar-refractivity contribution is 0.0302. The number of rotatable bonds is 6. The van der Waals surface area contributed by atoms with Crippen LogP contribution in [0.15, 0.2) is 65.1 Å². The second-order valence-corrected chi connectivity index (χ2v) is 11.0. The van der Waals surface area contributed by atoms with Gasteiger partial charge in [0, 0.05) is 67.8 Å². The number of morpholine rings is 1.